The maximum atomic E-state index is 10.6. The highest BCUT2D eigenvalue weighted by Gasteiger charge is 2.27. The minimum Gasteiger partial charge on any atom is -1.00 e. The van der Waals surface area contributed by atoms with Crippen LogP contribution < -0.4 is 12.4 Å². The first-order valence-electron chi connectivity index (χ1n) is 5.64. The fraction of sp³-hybridized carbons (Fsp3) is 0.700. The van der Waals surface area contributed by atoms with Crippen molar-refractivity contribution in [2.45, 2.75) is 6.54 Å². The van der Waals surface area contributed by atoms with Crippen LogP contribution in [0.4, 0.5) is 5.82 Å². The topological polar surface area (TPSA) is 101 Å². The van der Waals surface area contributed by atoms with Gasteiger partial charge in [0.05, 0.1) is 20.3 Å². The van der Waals surface area contributed by atoms with Crippen molar-refractivity contribution in [2.24, 2.45) is 7.05 Å². The fourth-order valence-corrected chi connectivity index (χ4v) is 1.82. The summed E-state index contributed by atoms with van der Waals surface area (Å²) >= 11 is 0. The van der Waals surface area contributed by atoms with Gasteiger partial charge >= 0.3 is 5.82 Å². The van der Waals surface area contributed by atoms with Crippen LogP contribution in [0.1, 0.15) is 5.82 Å². The first-order valence-corrected chi connectivity index (χ1v) is 5.64. The number of likely N-dealkylation sites (N-methyl/N-ethyl adjacent to an activating group) is 1. The summed E-state index contributed by atoms with van der Waals surface area (Å²) in [6.45, 7) is 1.32. The maximum Gasteiger partial charge on any atom is 0.382 e. The predicted octanol–water partition coefficient (Wildman–Crippen LogP) is -3.74. The van der Waals surface area contributed by atoms with Crippen molar-refractivity contribution in [1.82, 2.24) is 9.55 Å². The Morgan fingerprint density at radius 3 is 2.32 bits per heavy atom. The van der Waals surface area contributed by atoms with E-state index in [1.54, 1.807) is 11.6 Å². The van der Waals surface area contributed by atoms with Crippen molar-refractivity contribution < 1.29 is 32.0 Å². The van der Waals surface area contributed by atoms with E-state index in [0.29, 0.717) is 29.9 Å². The minimum absolute atomic E-state index is 0. The Morgan fingerprint density at radius 2 is 1.95 bits per heavy atom. The number of nitro groups is 1. The van der Waals surface area contributed by atoms with Gasteiger partial charge in [-0.2, -0.15) is 0 Å². The van der Waals surface area contributed by atoms with Crippen LogP contribution in [-0.2, 0) is 13.6 Å². The van der Waals surface area contributed by atoms with Crippen molar-refractivity contribution in [3.05, 3.63) is 22.1 Å². The Morgan fingerprint density at radius 1 is 1.42 bits per heavy atom. The zero-order valence-corrected chi connectivity index (χ0v) is 11.7. The van der Waals surface area contributed by atoms with E-state index in [1.807, 2.05) is 7.05 Å². The molecule has 0 aliphatic heterocycles. The molecule has 0 bridgehead atoms. The highest BCUT2D eigenvalue weighted by Crippen LogP contribution is 2.14. The molecule has 19 heavy (non-hydrogen) atoms. The Hall–Kier alpha value is -1.22. The standard InChI is InChI=1S/C10H19N4O4.ClH/c1-12-7-9(13(17)18)11-10(12)8-14(2,3-5-15)4-6-16;/h7,15-16H,3-6,8H2,1-2H3;1H/q+1;/p-1. The maximum absolute atomic E-state index is 10.6. The molecule has 0 saturated heterocycles. The number of aromatic nitrogens is 2. The molecule has 0 saturated carbocycles. The summed E-state index contributed by atoms with van der Waals surface area (Å²) in [5.41, 5.74) is 0. The molecule has 0 aliphatic rings. The quantitative estimate of drug-likeness (QED) is 0.306. The van der Waals surface area contributed by atoms with Crippen LogP contribution in [0.25, 0.3) is 0 Å². The van der Waals surface area contributed by atoms with Crippen molar-refractivity contribution in [2.75, 3.05) is 33.4 Å². The van der Waals surface area contributed by atoms with Crippen LogP contribution >= 0.6 is 0 Å². The second kappa shape index (κ2) is 7.39. The molecule has 0 amide bonds. The Balaban J connectivity index is 0.00000324. The van der Waals surface area contributed by atoms with Gasteiger partial charge in [0, 0.05) is 7.05 Å². The van der Waals surface area contributed by atoms with E-state index in [-0.39, 0.29) is 31.4 Å². The Kier molecular flexibility index (Phi) is 6.91. The van der Waals surface area contributed by atoms with Gasteiger partial charge in [0.2, 0.25) is 0 Å². The SMILES string of the molecule is Cn1cc([N+](=O)[O-])nc1C[N+](C)(CCO)CCO.[Cl-]. The van der Waals surface area contributed by atoms with Crippen LogP contribution in [0.2, 0.25) is 0 Å². The van der Waals surface area contributed by atoms with Crippen molar-refractivity contribution >= 4 is 5.82 Å². The lowest BCUT2D eigenvalue weighted by Crippen LogP contribution is -3.00. The average molecular weight is 295 g/mol. The van der Waals surface area contributed by atoms with Crippen LogP contribution in [-0.4, -0.2) is 62.5 Å². The summed E-state index contributed by atoms with van der Waals surface area (Å²) in [7, 11) is 3.56. The van der Waals surface area contributed by atoms with Crippen molar-refractivity contribution in [1.29, 1.82) is 0 Å². The van der Waals surface area contributed by atoms with Crippen LogP contribution in [0.3, 0.4) is 0 Å². The Labute approximate surface area is 117 Å². The number of aliphatic hydroxyl groups is 2. The lowest BCUT2D eigenvalue weighted by molar-refractivity contribution is -0.923. The number of imidazole rings is 1. The zero-order valence-electron chi connectivity index (χ0n) is 11.0. The predicted molar refractivity (Wildman–Crippen MR) is 63.7 cm³/mol. The van der Waals surface area contributed by atoms with Crippen LogP contribution in [0, 0.1) is 10.1 Å². The lowest BCUT2D eigenvalue weighted by atomic mass is 10.3. The molecule has 0 fully saturated rings. The average Bonchev–Trinajstić information content (AvgIpc) is 2.61. The van der Waals surface area contributed by atoms with Gasteiger partial charge in [-0.15, -0.1) is 0 Å². The zero-order chi connectivity index (χ0) is 13.8. The number of nitrogens with zero attached hydrogens (tertiary/aromatic N) is 4. The number of hydrogen-bond acceptors (Lipinski definition) is 5. The van der Waals surface area contributed by atoms with E-state index in [4.69, 9.17) is 10.2 Å². The third kappa shape index (κ3) is 4.75. The van der Waals surface area contributed by atoms with E-state index >= 15 is 0 Å². The van der Waals surface area contributed by atoms with E-state index < -0.39 is 4.92 Å². The summed E-state index contributed by atoms with van der Waals surface area (Å²) in [4.78, 5) is 14.0. The molecule has 0 aliphatic carbocycles. The molecule has 8 nitrogen and oxygen atoms in total. The fourth-order valence-electron chi connectivity index (χ4n) is 1.82. The molecule has 0 atom stereocenters. The number of rotatable bonds is 7. The van der Waals surface area contributed by atoms with E-state index in [1.165, 1.54) is 6.20 Å². The van der Waals surface area contributed by atoms with Crippen molar-refractivity contribution in [3.63, 3.8) is 0 Å². The highest BCUT2D eigenvalue weighted by molar-refractivity contribution is 5.16. The smallest absolute Gasteiger partial charge is 0.382 e. The second-order valence-electron chi connectivity index (χ2n) is 4.56. The normalized spacial score (nSPS) is 11.2. The third-order valence-corrected chi connectivity index (χ3v) is 2.95. The first-order chi connectivity index (χ1) is 8.41. The molecule has 110 valence electrons. The summed E-state index contributed by atoms with van der Waals surface area (Å²) in [5, 5.41) is 28.7. The van der Waals surface area contributed by atoms with Gasteiger partial charge in [0.25, 0.3) is 5.82 Å². The minimum atomic E-state index is -0.536. The van der Waals surface area contributed by atoms with Gasteiger partial charge in [-0.25, -0.2) is 0 Å². The van der Waals surface area contributed by atoms with Crippen LogP contribution in [0.15, 0.2) is 6.20 Å². The first kappa shape index (κ1) is 17.8. The number of aliphatic hydroxyl groups excluding tert-OH is 2. The van der Waals surface area contributed by atoms with Gasteiger partial charge in [-0.05, 0) is 9.91 Å². The molecule has 0 radical (unpaired) electrons. The molecular formula is C10H19ClN4O4. The number of hydrogen-bond donors (Lipinski definition) is 2. The molecule has 0 aromatic carbocycles. The molecule has 1 rings (SSSR count). The van der Waals surface area contributed by atoms with Gasteiger partial charge < -0.3 is 41.8 Å². The number of halogens is 1. The summed E-state index contributed by atoms with van der Waals surface area (Å²) in [5.74, 6) is 0.373. The van der Waals surface area contributed by atoms with Gasteiger partial charge in [0.1, 0.15) is 19.3 Å². The molecule has 9 heteroatoms. The van der Waals surface area contributed by atoms with Gasteiger partial charge in [0.15, 0.2) is 6.54 Å². The lowest BCUT2D eigenvalue weighted by Gasteiger charge is -2.31. The van der Waals surface area contributed by atoms with E-state index in [0.717, 1.165) is 0 Å². The largest absolute Gasteiger partial charge is 1.00 e. The van der Waals surface area contributed by atoms with Gasteiger partial charge in [-0.1, -0.05) is 0 Å². The summed E-state index contributed by atoms with van der Waals surface area (Å²) in [6.07, 6.45) is 1.36. The molecule has 0 unspecified atom stereocenters. The molecule has 0 spiro atoms. The molecule has 1 heterocycles. The third-order valence-electron chi connectivity index (χ3n) is 2.95. The highest BCUT2D eigenvalue weighted by atomic mass is 35.5. The van der Waals surface area contributed by atoms with Gasteiger partial charge in [-0.3, -0.25) is 0 Å². The molecule has 1 aromatic rings. The summed E-state index contributed by atoms with van der Waals surface area (Å²) < 4.78 is 1.98. The molecular weight excluding hydrogens is 276 g/mol. The number of quaternary nitrogens is 1. The van der Waals surface area contributed by atoms with E-state index in [9.17, 15) is 10.1 Å². The summed E-state index contributed by atoms with van der Waals surface area (Å²) in [6, 6.07) is 0. The number of aryl methyl sites for hydroxylation is 1. The molecule has 1 aromatic heterocycles. The van der Waals surface area contributed by atoms with Crippen molar-refractivity contribution in [3.8, 4) is 0 Å². The second-order valence-corrected chi connectivity index (χ2v) is 4.56. The Bertz CT molecular complexity index is 418. The van der Waals surface area contributed by atoms with E-state index in [2.05, 4.69) is 4.98 Å². The monoisotopic (exact) mass is 294 g/mol. The van der Waals surface area contributed by atoms with Crippen LogP contribution in [0.5, 0.6) is 0 Å². The molecule has 2 N–H and O–H groups in total.